The molecule has 0 atom stereocenters. The molecule has 3 rings (SSSR count). The predicted octanol–water partition coefficient (Wildman–Crippen LogP) is 2.17. The van der Waals surface area contributed by atoms with E-state index < -0.39 is 0 Å². The molecule has 3 aromatic heterocycles. The highest BCUT2D eigenvalue weighted by Crippen LogP contribution is 2.16. The maximum absolute atomic E-state index is 12.0. The monoisotopic (exact) mass is 305 g/mol. The number of nitrogens with one attached hydrogen (secondary N) is 1. The van der Waals surface area contributed by atoms with Gasteiger partial charge in [-0.05, 0) is 36.8 Å². The molecule has 6 nitrogen and oxygen atoms in total. The van der Waals surface area contributed by atoms with Crippen molar-refractivity contribution in [2.24, 2.45) is 0 Å². The normalized spacial score (nSPS) is 10.3. The van der Waals surface area contributed by atoms with E-state index in [2.05, 4.69) is 25.3 Å². The molecule has 6 heteroatoms. The van der Waals surface area contributed by atoms with E-state index in [1.54, 1.807) is 24.8 Å². The molecule has 1 N–H and O–H groups in total. The Balaban J connectivity index is 1.69. The Morgan fingerprint density at radius 2 is 2.00 bits per heavy atom. The lowest BCUT2D eigenvalue weighted by molar-refractivity contribution is 0.0945. The Hall–Kier alpha value is -3.15. The minimum atomic E-state index is -0.253. The number of pyridine rings is 2. The zero-order chi connectivity index (χ0) is 16.1. The Kier molecular flexibility index (Phi) is 4.33. The van der Waals surface area contributed by atoms with Gasteiger partial charge in [-0.1, -0.05) is 0 Å². The first-order valence-corrected chi connectivity index (χ1v) is 7.14. The molecular formula is C17H15N5O. The van der Waals surface area contributed by atoms with Gasteiger partial charge in [-0.3, -0.25) is 19.7 Å². The van der Waals surface area contributed by atoms with Gasteiger partial charge >= 0.3 is 0 Å². The highest BCUT2D eigenvalue weighted by Gasteiger charge is 2.08. The second-order valence-electron chi connectivity index (χ2n) is 5.02. The van der Waals surface area contributed by atoms with E-state index in [0.29, 0.717) is 12.2 Å². The minimum Gasteiger partial charge on any atom is -0.347 e. The largest absolute Gasteiger partial charge is 0.347 e. The lowest BCUT2D eigenvalue weighted by Gasteiger charge is -2.06. The van der Waals surface area contributed by atoms with Crippen LogP contribution in [-0.4, -0.2) is 25.8 Å². The molecule has 23 heavy (non-hydrogen) atoms. The van der Waals surface area contributed by atoms with Gasteiger partial charge in [-0.2, -0.15) is 0 Å². The molecule has 0 saturated heterocycles. The fourth-order valence-corrected chi connectivity index (χ4v) is 2.04. The van der Waals surface area contributed by atoms with Gasteiger partial charge in [0.1, 0.15) is 5.69 Å². The summed E-state index contributed by atoms with van der Waals surface area (Å²) >= 11 is 0. The quantitative estimate of drug-likeness (QED) is 0.799. The first-order valence-electron chi connectivity index (χ1n) is 7.14. The average Bonchev–Trinajstić information content (AvgIpc) is 2.61. The van der Waals surface area contributed by atoms with Crippen LogP contribution in [0.25, 0.3) is 11.3 Å². The van der Waals surface area contributed by atoms with Crippen molar-refractivity contribution in [3.05, 3.63) is 72.2 Å². The van der Waals surface area contributed by atoms with Gasteiger partial charge in [0.15, 0.2) is 0 Å². The number of rotatable bonds is 4. The summed E-state index contributed by atoms with van der Waals surface area (Å²) in [7, 11) is 0. The van der Waals surface area contributed by atoms with Crippen LogP contribution in [0.1, 0.15) is 21.7 Å². The van der Waals surface area contributed by atoms with Crippen molar-refractivity contribution in [2.45, 2.75) is 13.5 Å². The molecule has 0 radical (unpaired) electrons. The van der Waals surface area contributed by atoms with Crippen molar-refractivity contribution in [2.75, 3.05) is 0 Å². The SMILES string of the molecule is Cc1cnc(C(=O)NCc2ccnc(-c3cccnc3)c2)cn1. The zero-order valence-corrected chi connectivity index (χ0v) is 12.6. The smallest absolute Gasteiger partial charge is 0.271 e. The molecule has 3 heterocycles. The first-order chi connectivity index (χ1) is 11.2. The first kappa shape index (κ1) is 14.8. The molecule has 0 fully saturated rings. The van der Waals surface area contributed by atoms with E-state index in [1.807, 2.05) is 31.2 Å². The van der Waals surface area contributed by atoms with Crippen molar-refractivity contribution in [3.8, 4) is 11.3 Å². The molecule has 0 aromatic carbocycles. The Morgan fingerprint density at radius 3 is 2.74 bits per heavy atom. The van der Waals surface area contributed by atoms with E-state index in [9.17, 15) is 4.79 Å². The molecule has 0 aliphatic carbocycles. The molecule has 0 saturated carbocycles. The van der Waals surface area contributed by atoms with Crippen molar-refractivity contribution < 1.29 is 4.79 Å². The fourth-order valence-electron chi connectivity index (χ4n) is 2.04. The van der Waals surface area contributed by atoms with Crippen LogP contribution in [0.4, 0.5) is 0 Å². The van der Waals surface area contributed by atoms with Crippen LogP contribution in [0, 0.1) is 6.92 Å². The van der Waals surface area contributed by atoms with Crippen LogP contribution in [0.5, 0.6) is 0 Å². The predicted molar refractivity (Wildman–Crippen MR) is 85.4 cm³/mol. The highest BCUT2D eigenvalue weighted by molar-refractivity contribution is 5.91. The standard InChI is InChI=1S/C17H15N5O/c1-12-8-21-16(11-20-12)17(23)22-9-13-4-6-19-15(7-13)14-3-2-5-18-10-14/h2-8,10-11H,9H2,1H3,(H,22,23). The number of nitrogens with zero attached hydrogens (tertiary/aromatic N) is 4. The summed E-state index contributed by atoms with van der Waals surface area (Å²) in [5, 5.41) is 2.83. The minimum absolute atomic E-state index is 0.253. The van der Waals surface area contributed by atoms with Crippen LogP contribution >= 0.6 is 0 Å². The molecule has 0 aliphatic rings. The fraction of sp³-hybridized carbons (Fsp3) is 0.118. The van der Waals surface area contributed by atoms with E-state index in [4.69, 9.17) is 0 Å². The summed E-state index contributed by atoms with van der Waals surface area (Å²) in [5.41, 5.74) is 3.78. The number of amides is 1. The van der Waals surface area contributed by atoms with Gasteiger partial charge < -0.3 is 5.32 Å². The van der Waals surface area contributed by atoms with E-state index in [0.717, 1.165) is 22.5 Å². The van der Waals surface area contributed by atoms with Gasteiger partial charge in [-0.25, -0.2) is 4.98 Å². The number of aryl methyl sites for hydroxylation is 1. The van der Waals surface area contributed by atoms with Crippen molar-refractivity contribution in [1.82, 2.24) is 25.3 Å². The van der Waals surface area contributed by atoms with Crippen molar-refractivity contribution in [1.29, 1.82) is 0 Å². The van der Waals surface area contributed by atoms with Crippen LogP contribution in [-0.2, 0) is 6.54 Å². The number of hydrogen-bond donors (Lipinski definition) is 1. The van der Waals surface area contributed by atoms with Gasteiger partial charge in [-0.15, -0.1) is 0 Å². The summed E-state index contributed by atoms with van der Waals surface area (Å²) in [4.78, 5) is 28.6. The number of carbonyl (C=O) groups is 1. The summed E-state index contributed by atoms with van der Waals surface area (Å²) in [5.74, 6) is -0.253. The number of aromatic nitrogens is 4. The molecular weight excluding hydrogens is 290 g/mol. The summed E-state index contributed by atoms with van der Waals surface area (Å²) in [6, 6.07) is 7.60. The third kappa shape index (κ3) is 3.74. The van der Waals surface area contributed by atoms with E-state index >= 15 is 0 Å². The van der Waals surface area contributed by atoms with Gasteiger partial charge in [0.25, 0.3) is 5.91 Å². The lowest BCUT2D eigenvalue weighted by Crippen LogP contribution is -2.24. The molecule has 0 aliphatic heterocycles. The number of carbonyl (C=O) groups excluding carboxylic acids is 1. The summed E-state index contributed by atoms with van der Waals surface area (Å²) in [6.45, 7) is 2.22. The third-order valence-electron chi connectivity index (χ3n) is 3.25. The molecule has 0 bridgehead atoms. The molecule has 0 unspecified atom stereocenters. The van der Waals surface area contributed by atoms with Gasteiger partial charge in [0.2, 0.25) is 0 Å². The average molecular weight is 305 g/mol. The van der Waals surface area contributed by atoms with Crippen molar-refractivity contribution >= 4 is 5.91 Å². The molecule has 3 aromatic rings. The molecule has 114 valence electrons. The topological polar surface area (TPSA) is 80.7 Å². The van der Waals surface area contributed by atoms with Gasteiger partial charge in [0, 0.05) is 36.9 Å². The summed E-state index contributed by atoms with van der Waals surface area (Å²) < 4.78 is 0. The Bertz CT molecular complexity index is 803. The van der Waals surface area contributed by atoms with Crippen LogP contribution in [0.15, 0.2) is 55.2 Å². The molecule has 0 spiro atoms. The second kappa shape index (κ2) is 6.74. The highest BCUT2D eigenvalue weighted by atomic mass is 16.1. The Labute approximate surface area is 133 Å². The Morgan fingerprint density at radius 1 is 1.09 bits per heavy atom. The summed E-state index contributed by atoms with van der Waals surface area (Å²) in [6.07, 6.45) is 8.23. The maximum atomic E-state index is 12.0. The zero-order valence-electron chi connectivity index (χ0n) is 12.6. The third-order valence-corrected chi connectivity index (χ3v) is 3.25. The van der Waals surface area contributed by atoms with Crippen LogP contribution in [0.2, 0.25) is 0 Å². The maximum Gasteiger partial charge on any atom is 0.271 e. The number of hydrogen-bond acceptors (Lipinski definition) is 5. The molecule has 1 amide bonds. The van der Waals surface area contributed by atoms with Crippen LogP contribution < -0.4 is 5.32 Å². The van der Waals surface area contributed by atoms with Crippen molar-refractivity contribution in [3.63, 3.8) is 0 Å². The van der Waals surface area contributed by atoms with Gasteiger partial charge in [0.05, 0.1) is 17.6 Å². The van der Waals surface area contributed by atoms with E-state index in [-0.39, 0.29) is 5.91 Å². The second-order valence-corrected chi connectivity index (χ2v) is 5.02. The van der Waals surface area contributed by atoms with E-state index in [1.165, 1.54) is 6.20 Å². The lowest BCUT2D eigenvalue weighted by atomic mass is 10.1. The van der Waals surface area contributed by atoms with Crippen LogP contribution in [0.3, 0.4) is 0 Å².